The number of hydrogen-bond acceptors (Lipinski definition) is 9. The molecule has 2 rings (SSSR count). The van der Waals surface area contributed by atoms with E-state index in [1.54, 1.807) is 30.5 Å². The molecule has 2 heterocycles. The molecular weight excluding hydrogens is 496 g/mol. The van der Waals surface area contributed by atoms with Gasteiger partial charge in [-0.3, -0.25) is 10.1 Å². The predicted octanol–water partition coefficient (Wildman–Crippen LogP) is 5.70. The minimum absolute atomic E-state index is 0.220. The van der Waals surface area contributed by atoms with Crippen molar-refractivity contribution in [1.82, 2.24) is 10.3 Å². The van der Waals surface area contributed by atoms with Gasteiger partial charge in [0.05, 0.1) is 12.0 Å². The van der Waals surface area contributed by atoms with Gasteiger partial charge < -0.3 is 19.0 Å². The Morgan fingerprint density at radius 1 is 1.27 bits per heavy atom. The molecule has 0 atom stereocenters. The van der Waals surface area contributed by atoms with E-state index in [0.29, 0.717) is 35.1 Å². The highest BCUT2D eigenvalue weighted by Gasteiger charge is 2.20. The van der Waals surface area contributed by atoms with Crippen LogP contribution in [0.4, 0.5) is 4.79 Å². The first-order valence-electron chi connectivity index (χ1n) is 11.3. The lowest BCUT2D eigenvalue weighted by atomic mass is 10.0. The molecule has 0 aliphatic heterocycles. The zero-order chi connectivity index (χ0) is 27.4. The summed E-state index contributed by atoms with van der Waals surface area (Å²) in [6, 6.07) is 1.27. The molecule has 0 aliphatic rings. The molecule has 0 saturated heterocycles. The van der Waals surface area contributed by atoms with Crippen LogP contribution in [0.2, 0.25) is 0 Å². The molecule has 2 aromatic rings. The molecule has 10 heteroatoms. The average Bonchev–Trinajstić information content (AvgIpc) is 3.29. The van der Waals surface area contributed by atoms with Gasteiger partial charge in [0.25, 0.3) is 5.19 Å². The molecule has 0 aromatic carbocycles. The number of allylic oxidation sites excluding steroid dienone is 6. The number of rotatable bonds is 12. The summed E-state index contributed by atoms with van der Waals surface area (Å²) in [6.07, 6.45) is 12.4. The Balaban J connectivity index is 2.07. The van der Waals surface area contributed by atoms with Gasteiger partial charge in [0.15, 0.2) is 5.78 Å². The number of alkyl carbamates (subject to hydrolysis) is 1. The molecule has 0 unspecified atom stereocenters. The Kier molecular flexibility index (Phi) is 11.3. The molecule has 0 radical (unpaired) electrons. The first kappa shape index (κ1) is 29.1. The fourth-order valence-corrected chi connectivity index (χ4v) is 3.66. The van der Waals surface area contributed by atoms with E-state index >= 15 is 0 Å². The fraction of sp³-hybridized carbons (Fsp3) is 0.259. The molecular formula is C27H30N2O7S. The van der Waals surface area contributed by atoms with Gasteiger partial charge in [0.1, 0.15) is 22.8 Å². The van der Waals surface area contributed by atoms with Crippen LogP contribution < -0.4 is 15.7 Å². The second-order valence-corrected chi connectivity index (χ2v) is 9.02. The van der Waals surface area contributed by atoms with Crippen LogP contribution in [0.3, 0.4) is 0 Å². The minimum Gasteiger partial charge on any atom is -0.507 e. The highest BCUT2D eigenvalue weighted by molar-refractivity contribution is 7.14. The third-order valence-electron chi connectivity index (χ3n) is 4.71. The normalized spacial score (nSPS) is 11.8. The maximum absolute atomic E-state index is 12.9. The molecule has 0 spiro atoms. The van der Waals surface area contributed by atoms with Gasteiger partial charge >= 0.3 is 11.7 Å². The van der Waals surface area contributed by atoms with Crippen molar-refractivity contribution in [3.8, 4) is 10.9 Å². The van der Waals surface area contributed by atoms with Gasteiger partial charge in [-0.25, -0.2) is 14.6 Å². The zero-order valence-electron chi connectivity index (χ0n) is 21.2. The van der Waals surface area contributed by atoms with E-state index < -0.39 is 28.8 Å². The first-order chi connectivity index (χ1) is 17.6. The molecule has 0 fully saturated rings. The molecule has 9 nitrogen and oxygen atoms in total. The third kappa shape index (κ3) is 9.42. The van der Waals surface area contributed by atoms with Crippen LogP contribution in [-0.2, 0) is 11.2 Å². The number of carbonyl (C=O) groups is 2. The number of amides is 1. The fourth-order valence-electron chi connectivity index (χ4n) is 2.88. The minimum atomic E-state index is -0.913. The summed E-state index contributed by atoms with van der Waals surface area (Å²) in [7, 11) is 1.26. The molecule has 0 saturated carbocycles. The largest absolute Gasteiger partial charge is 0.507 e. The maximum atomic E-state index is 12.9. The number of unbranched alkanes of at least 4 members (excludes halogenated alkanes) is 1. The number of Topliss-reactive ketones (excluding diaryl/α,β-unsaturated/α-hetero) is 1. The van der Waals surface area contributed by atoms with Crippen molar-refractivity contribution < 1.29 is 28.6 Å². The molecule has 1 amide bonds. The summed E-state index contributed by atoms with van der Waals surface area (Å²) < 4.78 is 15.4. The highest BCUT2D eigenvalue weighted by Crippen LogP contribution is 2.26. The smallest absolute Gasteiger partial charge is 0.410 e. The van der Waals surface area contributed by atoms with Crippen molar-refractivity contribution >= 4 is 29.3 Å². The lowest BCUT2D eigenvalue weighted by molar-refractivity contribution is 0.102. The SMILES string of the molecule is C=C/C(=C\C=C(C)C)Oc1ncc(/C=C(\C)C(=O)c2c(O)cc(CCC/C=C/NC(=O)OC)oc2=O)s1. The number of aromatic nitrogens is 1. The van der Waals surface area contributed by atoms with Crippen molar-refractivity contribution in [1.29, 1.82) is 0 Å². The number of methoxy groups -OCH3 is 1. The highest BCUT2D eigenvalue weighted by atomic mass is 32.1. The Bertz CT molecular complexity index is 1310. The van der Waals surface area contributed by atoms with Crippen molar-refractivity contribution in [3.63, 3.8) is 0 Å². The van der Waals surface area contributed by atoms with Crippen LogP contribution in [0, 0.1) is 0 Å². The molecule has 2 aromatic heterocycles. The van der Waals surface area contributed by atoms with Crippen LogP contribution in [-0.4, -0.2) is 29.1 Å². The van der Waals surface area contributed by atoms with Gasteiger partial charge in [-0.1, -0.05) is 35.6 Å². The topological polar surface area (TPSA) is 128 Å². The van der Waals surface area contributed by atoms with Crippen LogP contribution in [0.25, 0.3) is 6.08 Å². The van der Waals surface area contributed by atoms with Crippen molar-refractivity contribution in [2.75, 3.05) is 7.11 Å². The van der Waals surface area contributed by atoms with Gasteiger partial charge in [0, 0.05) is 24.9 Å². The number of ether oxygens (including phenoxy) is 2. The average molecular weight is 527 g/mol. The van der Waals surface area contributed by atoms with Crippen molar-refractivity contribution in [2.45, 2.75) is 40.0 Å². The molecule has 2 N–H and O–H groups in total. The van der Waals surface area contributed by atoms with E-state index in [-0.39, 0.29) is 11.3 Å². The van der Waals surface area contributed by atoms with Crippen LogP contribution in [0.1, 0.15) is 54.6 Å². The quantitative estimate of drug-likeness (QED) is 0.119. The third-order valence-corrected chi connectivity index (χ3v) is 5.54. The molecule has 0 bridgehead atoms. The van der Waals surface area contributed by atoms with E-state index in [4.69, 9.17) is 9.15 Å². The van der Waals surface area contributed by atoms with Crippen LogP contribution in [0.15, 0.2) is 75.5 Å². The Hall–Kier alpha value is -4.18. The predicted molar refractivity (Wildman–Crippen MR) is 143 cm³/mol. The van der Waals surface area contributed by atoms with Crippen molar-refractivity contribution in [3.05, 3.63) is 92.9 Å². The van der Waals surface area contributed by atoms with E-state index in [1.807, 2.05) is 19.9 Å². The number of ketones is 1. The van der Waals surface area contributed by atoms with E-state index in [2.05, 4.69) is 21.6 Å². The number of thiazole rings is 1. The second-order valence-electron chi connectivity index (χ2n) is 8.00. The van der Waals surface area contributed by atoms with Crippen LogP contribution in [0.5, 0.6) is 10.9 Å². The summed E-state index contributed by atoms with van der Waals surface area (Å²) in [6.45, 7) is 9.18. The lowest BCUT2D eigenvalue weighted by Gasteiger charge is -2.05. The number of carbonyl (C=O) groups excluding carboxylic acids is 2. The first-order valence-corrected chi connectivity index (χ1v) is 12.2. The maximum Gasteiger partial charge on any atom is 0.410 e. The summed E-state index contributed by atoms with van der Waals surface area (Å²) in [5.41, 5.74) is -0.0242. The number of nitrogens with one attached hydrogen (secondary N) is 1. The molecule has 0 aliphatic carbocycles. The number of aryl methyl sites for hydroxylation is 1. The van der Waals surface area contributed by atoms with Gasteiger partial charge in [-0.15, -0.1) is 0 Å². The summed E-state index contributed by atoms with van der Waals surface area (Å²) >= 11 is 1.21. The van der Waals surface area contributed by atoms with E-state index in [0.717, 1.165) is 5.57 Å². The Morgan fingerprint density at radius 3 is 2.68 bits per heavy atom. The van der Waals surface area contributed by atoms with Gasteiger partial charge in [-0.2, -0.15) is 0 Å². The Morgan fingerprint density at radius 2 is 2.03 bits per heavy atom. The summed E-state index contributed by atoms with van der Waals surface area (Å²) in [5, 5.41) is 13.1. The van der Waals surface area contributed by atoms with E-state index in [1.165, 1.54) is 37.6 Å². The number of nitrogens with zero attached hydrogens (tertiary/aromatic N) is 1. The van der Waals surface area contributed by atoms with Gasteiger partial charge in [0.2, 0.25) is 0 Å². The monoisotopic (exact) mass is 526 g/mol. The summed E-state index contributed by atoms with van der Waals surface area (Å²) in [4.78, 5) is 41.1. The number of hydrogen-bond donors (Lipinski definition) is 2. The standard InChI is InChI=1S/C27H30N2O7S/c1-6-19(12-11-17(2)3)36-27-29-16-21(37-27)14-18(4)24(31)23-22(30)15-20(35-25(23)32)10-8-7-9-13-28-26(33)34-5/h6,9,11-16,30H,1,7-8,10H2,2-5H3,(H,28,33)/b13-9+,18-14+,19-12+. The molecule has 37 heavy (non-hydrogen) atoms. The van der Waals surface area contributed by atoms with Gasteiger partial charge in [-0.05, 0) is 57.4 Å². The summed E-state index contributed by atoms with van der Waals surface area (Å²) in [5.74, 6) is -0.324. The lowest BCUT2D eigenvalue weighted by Crippen LogP contribution is -2.16. The molecule has 196 valence electrons. The van der Waals surface area contributed by atoms with Crippen LogP contribution >= 0.6 is 11.3 Å². The second kappa shape index (κ2) is 14.4. The van der Waals surface area contributed by atoms with E-state index in [9.17, 15) is 19.5 Å². The van der Waals surface area contributed by atoms with Crippen molar-refractivity contribution in [2.24, 2.45) is 0 Å². The number of aromatic hydroxyl groups is 1. The zero-order valence-corrected chi connectivity index (χ0v) is 22.0. The Labute approximate surface area is 219 Å².